The van der Waals surface area contributed by atoms with Gasteiger partial charge >= 0.3 is 0 Å². The van der Waals surface area contributed by atoms with Gasteiger partial charge in [-0.2, -0.15) is 0 Å². The van der Waals surface area contributed by atoms with Crippen molar-refractivity contribution in [3.05, 3.63) is 72.1 Å². The van der Waals surface area contributed by atoms with Gasteiger partial charge in [0.1, 0.15) is 12.4 Å². The standard InChI is InChI=1S/C26H31N5O2/c1-28-26(32)24-25(27)29-18-23(30-24)21-8-5-9-22(17-21)33-15-14-31-12-10-20(11-13-31)16-19-6-3-2-4-7-19/h2-9,17-18,20H,10-16H2,1H3,(H2,27,29)(H,28,32). The van der Waals surface area contributed by atoms with Crippen molar-refractivity contribution in [3.8, 4) is 17.0 Å². The van der Waals surface area contributed by atoms with Gasteiger partial charge in [0.15, 0.2) is 11.5 Å². The number of nitrogens with two attached hydrogens (primary N) is 1. The van der Waals surface area contributed by atoms with E-state index in [1.54, 1.807) is 6.20 Å². The monoisotopic (exact) mass is 445 g/mol. The molecular weight excluding hydrogens is 414 g/mol. The van der Waals surface area contributed by atoms with Crippen LogP contribution in [0, 0.1) is 5.92 Å². The Labute approximate surface area is 195 Å². The maximum absolute atomic E-state index is 12.0. The van der Waals surface area contributed by atoms with Gasteiger partial charge < -0.3 is 15.8 Å². The van der Waals surface area contributed by atoms with Crippen LogP contribution in [0.1, 0.15) is 28.9 Å². The Morgan fingerprint density at radius 3 is 2.70 bits per heavy atom. The number of carbonyl (C=O) groups is 1. The first-order valence-electron chi connectivity index (χ1n) is 11.5. The molecular formula is C26H31N5O2. The van der Waals surface area contributed by atoms with Gasteiger partial charge in [-0.15, -0.1) is 0 Å². The van der Waals surface area contributed by atoms with Gasteiger partial charge in [-0.05, 0) is 56.0 Å². The molecule has 1 aliphatic rings. The highest BCUT2D eigenvalue weighted by molar-refractivity contribution is 5.96. The van der Waals surface area contributed by atoms with E-state index in [1.165, 1.54) is 31.9 Å². The van der Waals surface area contributed by atoms with E-state index < -0.39 is 0 Å². The van der Waals surface area contributed by atoms with E-state index in [0.29, 0.717) is 12.3 Å². The fraction of sp³-hybridized carbons (Fsp3) is 0.346. The minimum Gasteiger partial charge on any atom is -0.492 e. The number of aromatic nitrogens is 2. The molecule has 33 heavy (non-hydrogen) atoms. The van der Waals surface area contributed by atoms with Crippen LogP contribution in [0.3, 0.4) is 0 Å². The van der Waals surface area contributed by atoms with Crippen molar-refractivity contribution in [1.82, 2.24) is 20.2 Å². The molecule has 3 aromatic rings. The minimum atomic E-state index is -0.359. The lowest BCUT2D eigenvalue weighted by atomic mass is 9.90. The number of nitrogens with zero attached hydrogens (tertiary/aromatic N) is 3. The Morgan fingerprint density at radius 1 is 1.15 bits per heavy atom. The number of nitrogens with one attached hydrogen (secondary N) is 1. The van der Waals surface area contributed by atoms with Gasteiger partial charge in [0, 0.05) is 19.2 Å². The van der Waals surface area contributed by atoms with E-state index >= 15 is 0 Å². The summed E-state index contributed by atoms with van der Waals surface area (Å²) in [6.45, 7) is 3.77. The van der Waals surface area contributed by atoms with Gasteiger partial charge in [0.05, 0.1) is 11.9 Å². The van der Waals surface area contributed by atoms with Crippen LogP contribution in [0.4, 0.5) is 5.82 Å². The lowest BCUT2D eigenvalue weighted by molar-refractivity contribution is 0.0959. The third-order valence-electron chi connectivity index (χ3n) is 6.12. The Hall–Kier alpha value is -3.45. The van der Waals surface area contributed by atoms with Crippen molar-refractivity contribution >= 4 is 11.7 Å². The first kappa shape index (κ1) is 22.7. The van der Waals surface area contributed by atoms with Crippen molar-refractivity contribution < 1.29 is 9.53 Å². The predicted molar refractivity (Wildman–Crippen MR) is 130 cm³/mol. The predicted octanol–water partition coefficient (Wildman–Crippen LogP) is 3.42. The first-order chi connectivity index (χ1) is 16.1. The molecule has 0 unspecified atom stereocenters. The van der Waals surface area contributed by atoms with E-state index in [1.807, 2.05) is 24.3 Å². The van der Waals surface area contributed by atoms with Gasteiger partial charge in [0.25, 0.3) is 5.91 Å². The Kier molecular flexibility index (Phi) is 7.52. The van der Waals surface area contributed by atoms with Gasteiger partial charge in [-0.1, -0.05) is 42.5 Å². The van der Waals surface area contributed by atoms with Gasteiger partial charge in [-0.3, -0.25) is 9.69 Å². The number of nitrogen functional groups attached to an aromatic ring is 1. The second kappa shape index (κ2) is 10.9. The average molecular weight is 446 g/mol. The maximum Gasteiger partial charge on any atom is 0.273 e. The fourth-order valence-corrected chi connectivity index (χ4v) is 4.22. The SMILES string of the molecule is CNC(=O)c1nc(-c2cccc(OCCN3CCC(Cc4ccccc4)CC3)c2)cnc1N. The summed E-state index contributed by atoms with van der Waals surface area (Å²) in [5.74, 6) is 1.29. The highest BCUT2D eigenvalue weighted by Crippen LogP contribution is 2.24. The fourth-order valence-electron chi connectivity index (χ4n) is 4.22. The third kappa shape index (κ3) is 6.08. The molecule has 7 nitrogen and oxygen atoms in total. The number of hydrogen-bond donors (Lipinski definition) is 2. The molecule has 2 aromatic carbocycles. The average Bonchev–Trinajstić information content (AvgIpc) is 2.86. The van der Waals surface area contributed by atoms with Crippen molar-refractivity contribution in [2.45, 2.75) is 19.3 Å². The van der Waals surface area contributed by atoms with E-state index in [-0.39, 0.29) is 17.4 Å². The molecule has 4 rings (SSSR count). The van der Waals surface area contributed by atoms with Crippen LogP contribution in [0.15, 0.2) is 60.8 Å². The van der Waals surface area contributed by atoms with Crippen LogP contribution in [-0.2, 0) is 6.42 Å². The molecule has 1 aliphatic heterocycles. The molecule has 0 spiro atoms. The van der Waals surface area contributed by atoms with Crippen LogP contribution < -0.4 is 15.8 Å². The zero-order valence-corrected chi connectivity index (χ0v) is 19.0. The molecule has 0 bridgehead atoms. The molecule has 0 atom stereocenters. The summed E-state index contributed by atoms with van der Waals surface area (Å²) in [6, 6.07) is 18.4. The summed E-state index contributed by atoms with van der Waals surface area (Å²) in [6.07, 6.45) is 5.20. The first-order valence-corrected chi connectivity index (χ1v) is 11.5. The highest BCUT2D eigenvalue weighted by atomic mass is 16.5. The molecule has 1 aromatic heterocycles. The van der Waals surface area contributed by atoms with Crippen LogP contribution >= 0.6 is 0 Å². The van der Waals surface area contributed by atoms with E-state index in [2.05, 4.69) is 50.5 Å². The summed E-state index contributed by atoms with van der Waals surface area (Å²) in [5.41, 5.74) is 8.76. The molecule has 1 fully saturated rings. The number of anilines is 1. The topological polar surface area (TPSA) is 93.4 Å². The van der Waals surface area contributed by atoms with Crippen LogP contribution in [0.2, 0.25) is 0 Å². The summed E-state index contributed by atoms with van der Waals surface area (Å²) in [5, 5.41) is 2.54. The zero-order chi connectivity index (χ0) is 23.0. The molecule has 2 heterocycles. The molecule has 0 saturated carbocycles. The lowest BCUT2D eigenvalue weighted by Gasteiger charge is -2.31. The quantitative estimate of drug-likeness (QED) is 0.552. The van der Waals surface area contributed by atoms with Gasteiger partial charge in [-0.25, -0.2) is 9.97 Å². The number of rotatable bonds is 8. The molecule has 7 heteroatoms. The Balaban J connectivity index is 1.27. The molecule has 1 amide bonds. The number of hydrogen-bond acceptors (Lipinski definition) is 6. The summed E-state index contributed by atoms with van der Waals surface area (Å²) < 4.78 is 6.02. The second-order valence-electron chi connectivity index (χ2n) is 8.42. The number of benzene rings is 2. The van der Waals surface area contributed by atoms with Crippen molar-refractivity contribution in [2.24, 2.45) is 5.92 Å². The minimum absolute atomic E-state index is 0.109. The number of carbonyl (C=O) groups excluding carboxylic acids is 1. The van der Waals surface area contributed by atoms with Gasteiger partial charge in [0.2, 0.25) is 0 Å². The third-order valence-corrected chi connectivity index (χ3v) is 6.12. The number of amides is 1. The molecule has 0 aliphatic carbocycles. The number of likely N-dealkylation sites (tertiary alicyclic amines) is 1. The summed E-state index contributed by atoms with van der Waals surface area (Å²) >= 11 is 0. The van der Waals surface area contributed by atoms with Crippen molar-refractivity contribution in [3.63, 3.8) is 0 Å². The lowest BCUT2D eigenvalue weighted by Crippen LogP contribution is -2.37. The molecule has 172 valence electrons. The highest BCUT2D eigenvalue weighted by Gasteiger charge is 2.19. The zero-order valence-electron chi connectivity index (χ0n) is 19.0. The Bertz CT molecular complexity index is 1070. The van der Waals surface area contributed by atoms with E-state index in [4.69, 9.17) is 10.5 Å². The van der Waals surface area contributed by atoms with E-state index in [9.17, 15) is 4.79 Å². The second-order valence-corrected chi connectivity index (χ2v) is 8.42. The molecule has 0 radical (unpaired) electrons. The van der Waals surface area contributed by atoms with E-state index in [0.717, 1.165) is 36.9 Å². The number of ether oxygens (including phenoxy) is 1. The number of piperidine rings is 1. The summed E-state index contributed by atoms with van der Waals surface area (Å²) in [4.78, 5) is 22.9. The van der Waals surface area contributed by atoms with Crippen LogP contribution in [0.25, 0.3) is 11.3 Å². The smallest absolute Gasteiger partial charge is 0.273 e. The van der Waals surface area contributed by atoms with Crippen molar-refractivity contribution in [2.75, 3.05) is 39.0 Å². The van der Waals surface area contributed by atoms with Crippen LogP contribution in [0.5, 0.6) is 5.75 Å². The largest absolute Gasteiger partial charge is 0.492 e. The van der Waals surface area contributed by atoms with Crippen LogP contribution in [-0.4, -0.2) is 54.1 Å². The summed E-state index contributed by atoms with van der Waals surface area (Å²) in [7, 11) is 1.54. The maximum atomic E-state index is 12.0. The Morgan fingerprint density at radius 2 is 1.94 bits per heavy atom. The van der Waals surface area contributed by atoms with Crippen molar-refractivity contribution in [1.29, 1.82) is 0 Å². The molecule has 1 saturated heterocycles. The normalized spacial score (nSPS) is 14.7. The molecule has 3 N–H and O–H groups in total.